The predicted molar refractivity (Wildman–Crippen MR) is 103 cm³/mol. The van der Waals surface area contributed by atoms with Gasteiger partial charge in [-0.05, 0) is 43.9 Å². The minimum atomic E-state index is -4.42. The van der Waals surface area contributed by atoms with Crippen molar-refractivity contribution >= 4 is 7.75 Å². The first-order valence-corrected chi connectivity index (χ1v) is 10.6. The molecule has 8 heteroatoms. The largest absolute Gasteiger partial charge is 0.494 e. The lowest BCUT2D eigenvalue weighted by molar-refractivity contribution is 0.194. The van der Waals surface area contributed by atoms with E-state index in [9.17, 15) is 9.47 Å². The summed E-state index contributed by atoms with van der Waals surface area (Å²) in [6.07, 6.45) is 7.25. The Balaban J connectivity index is 2.33. The van der Waals surface area contributed by atoms with Crippen molar-refractivity contribution in [2.45, 2.75) is 64.3 Å². The molecule has 0 aromatic heterocycles. The lowest BCUT2D eigenvalue weighted by Crippen LogP contribution is -2.41. The van der Waals surface area contributed by atoms with Gasteiger partial charge in [-0.15, -0.1) is 4.91 Å². The van der Waals surface area contributed by atoms with Crippen LogP contribution in [0.15, 0.2) is 29.2 Å². The SMILES string of the molecule is CCCCCCCOc1ccc(CC[C@@](C)(N)COP(=O)(O)N=O)cc1. The number of benzene rings is 1. The van der Waals surface area contributed by atoms with Crippen LogP contribution in [-0.4, -0.2) is 23.6 Å². The summed E-state index contributed by atoms with van der Waals surface area (Å²) in [5.74, 6) is 0.848. The zero-order valence-electron chi connectivity index (χ0n) is 15.7. The van der Waals surface area contributed by atoms with Crippen LogP contribution >= 0.6 is 7.75 Å². The van der Waals surface area contributed by atoms with Crippen LogP contribution in [0, 0.1) is 4.91 Å². The highest BCUT2D eigenvalue weighted by Gasteiger charge is 2.27. The van der Waals surface area contributed by atoms with Crippen LogP contribution in [0.4, 0.5) is 0 Å². The third kappa shape index (κ3) is 10.0. The van der Waals surface area contributed by atoms with Crippen LogP contribution < -0.4 is 10.5 Å². The second-order valence-electron chi connectivity index (χ2n) is 6.91. The molecule has 0 spiro atoms. The number of nitrogens with two attached hydrogens (primary N) is 1. The van der Waals surface area contributed by atoms with Gasteiger partial charge in [0.1, 0.15) is 5.75 Å². The molecule has 3 N–H and O–H groups in total. The zero-order chi connectivity index (χ0) is 19.5. The standard InChI is InChI=1S/C18H31N2O5P/c1-3-4-5-6-7-14-24-17-10-8-16(9-11-17)12-13-18(2,19)15-25-26(22,23)20-21/h8-11H,3-7,12-15,19H2,1-2H3,(H,22,23)/t18-/m1/s1. The number of nitroso groups, excluding NO2 is 1. The van der Waals surface area contributed by atoms with E-state index in [1.165, 1.54) is 25.7 Å². The van der Waals surface area contributed by atoms with E-state index in [1.807, 2.05) is 24.3 Å². The van der Waals surface area contributed by atoms with Gasteiger partial charge in [-0.1, -0.05) is 44.7 Å². The van der Waals surface area contributed by atoms with Gasteiger partial charge in [-0.3, -0.25) is 4.52 Å². The fourth-order valence-electron chi connectivity index (χ4n) is 2.41. The lowest BCUT2D eigenvalue weighted by Gasteiger charge is -2.24. The second-order valence-corrected chi connectivity index (χ2v) is 8.31. The Labute approximate surface area is 155 Å². The van der Waals surface area contributed by atoms with Crippen LogP contribution in [0.5, 0.6) is 5.75 Å². The fraction of sp³-hybridized carbons (Fsp3) is 0.667. The van der Waals surface area contributed by atoms with Crippen molar-refractivity contribution in [1.29, 1.82) is 0 Å². The first-order chi connectivity index (χ1) is 12.3. The molecule has 0 heterocycles. The van der Waals surface area contributed by atoms with Gasteiger partial charge in [0.05, 0.1) is 13.2 Å². The molecule has 0 amide bonds. The third-order valence-corrected chi connectivity index (χ3v) is 4.76. The molecule has 0 saturated carbocycles. The maximum absolute atomic E-state index is 11.1. The Morgan fingerprint density at radius 3 is 2.46 bits per heavy atom. The molecule has 1 unspecified atom stereocenters. The molecule has 1 rings (SSSR count). The third-order valence-electron chi connectivity index (χ3n) is 4.09. The smallest absolute Gasteiger partial charge is 0.487 e. The Morgan fingerprint density at radius 1 is 1.19 bits per heavy atom. The molecule has 1 aromatic rings. The molecule has 7 nitrogen and oxygen atoms in total. The summed E-state index contributed by atoms with van der Waals surface area (Å²) in [6.45, 7) is 4.42. The van der Waals surface area contributed by atoms with Crippen molar-refractivity contribution in [3.05, 3.63) is 34.7 Å². The minimum Gasteiger partial charge on any atom is -0.494 e. The van der Waals surface area contributed by atoms with E-state index in [2.05, 4.69) is 16.4 Å². The molecule has 0 fully saturated rings. The van der Waals surface area contributed by atoms with Crippen LogP contribution in [0.1, 0.15) is 57.9 Å². The minimum absolute atomic E-state index is 0.217. The Kier molecular flexibility index (Phi) is 10.0. The van der Waals surface area contributed by atoms with E-state index in [-0.39, 0.29) is 6.61 Å². The van der Waals surface area contributed by atoms with Crippen LogP contribution in [0.3, 0.4) is 0 Å². The second kappa shape index (κ2) is 11.4. The highest BCUT2D eigenvalue weighted by atomic mass is 31.2. The molecule has 26 heavy (non-hydrogen) atoms. The lowest BCUT2D eigenvalue weighted by atomic mass is 9.95. The highest BCUT2D eigenvalue weighted by Crippen LogP contribution is 2.43. The van der Waals surface area contributed by atoms with Gasteiger partial charge in [-0.25, -0.2) is 4.57 Å². The van der Waals surface area contributed by atoms with Crippen molar-refractivity contribution in [1.82, 2.24) is 0 Å². The summed E-state index contributed by atoms with van der Waals surface area (Å²) in [5.41, 5.74) is 6.29. The number of aryl methyl sites for hydroxylation is 1. The summed E-state index contributed by atoms with van der Waals surface area (Å²) in [6, 6.07) is 7.83. The molecule has 0 radical (unpaired) electrons. The van der Waals surface area contributed by atoms with Crippen LogP contribution in [0.25, 0.3) is 0 Å². The van der Waals surface area contributed by atoms with Crippen molar-refractivity contribution < 1.29 is 18.7 Å². The van der Waals surface area contributed by atoms with Gasteiger partial charge in [-0.2, -0.15) is 0 Å². The maximum Gasteiger partial charge on any atom is 0.487 e. The molecule has 1 aromatic carbocycles. The van der Waals surface area contributed by atoms with Crippen molar-refractivity contribution in [3.63, 3.8) is 0 Å². The Morgan fingerprint density at radius 2 is 1.85 bits per heavy atom. The quantitative estimate of drug-likeness (QED) is 0.275. The number of rotatable bonds is 14. The fourth-order valence-corrected chi connectivity index (χ4v) is 2.92. The van der Waals surface area contributed by atoms with E-state index in [4.69, 9.17) is 15.4 Å². The van der Waals surface area contributed by atoms with E-state index >= 15 is 0 Å². The van der Waals surface area contributed by atoms with E-state index in [0.717, 1.165) is 24.3 Å². The van der Waals surface area contributed by atoms with Crippen molar-refractivity contribution in [2.75, 3.05) is 13.2 Å². The van der Waals surface area contributed by atoms with Crippen molar-refractivity contribution in [2.24, 2.45) is 10.7 Å². The Bertz CT molecular complexity index is 577. The van der Waals surface area contributed by atoms with Crippen LogP contribution in [-0.2, 0) is 15.5 Å². The molecule has 0 aliphatic heterocycles. The topological polar surface area (TPSA) is 111 Å². The first-order valence-electron chi connectivity index (χ1n) is 9.11. The molecular weight excluding hydrogens is 355 g/mol. The van der Waals surface area contributed by atoms with Gasteiger partial charge in [0.2, 0.25) is 0 Å². The normalized spacial score (nSPS) is 15.8. The summed E-state index contributed by atoms with van der Waals surface area (Å²) in [4.78, 5) is 21.2. The van der Waals surface area contributed by atoms with Crippen LogP contribution in [0.2, 0.25) is 0 Å². The van der Waals surface area contributed by atoms with Crippen molar-refractivity contribution in [3.8, 4) is 5.75 Å². The van der Waals surface area contributed by atoms with E-state index in [1.54, 1.807) is 6.92 Å². The van der Waals surface area contributed by atoms with E-state index < -0.39 is 13.3 Å². The molecule has 0 saturated heterocycles. The molecule has 0 aliphatic rings. The number of hydrogen-bond donors (Lipinski definition) is 2. The predicted octanol–water partition coefficient (Wildman–Crippen LogP) is 4.57. The van der Waals surface area contributed by atoms with Gasteiger partial charge in [0, 0.05) is 10.5 Å². The molecule has 2 atom stereocenters. The van der Waals surface area contributed by atoms with E-state index in [0.29, 0.717) is 12.8 Å². The molecular formula is C18H31N2O5P. The molecule has 0 aliphatic carbocycles. The zero-order valence-corrected chi connectivity index (χ0v) is 16.6. The average Bonchev–Trinajstić information content (AvgIpc) is 2.62. The summed E-state index contributed by atoms with van der Waals surface area (Å²) in [5, 5.41) is 0. The van der Waals surface area contributed by atoms with Gasteiger partial charge in [0.25, 0.3) is 0 Å². The number of ether oxygens (including phenoxy) is 1. The highest BCUT2D eigenvalue weighted by molar-refractivity contribution is 7.51. The first kappa shape index (κ1) is 22.8. The Hall–Kier alpha value is -1.27. The maximum atomic E-state index is 11.1. The molecule has 0 bridgehead atoms. The monoisotopic (exact) mass is 386 g/mol. The summed E-state index contributed by atoms with van der Waals surface area (Å²) in [7, 11) is -4.42. The number of nitrogens with zero attached hydrogens (tertiary/aromatic N) is 1. The summed E-state index contributed by atoms with van der Waals surface area (Å²) >= 11 is 0. The van der Waals surface area contributed by atoms with Gasteiger partial charge < -0.3 is 15.4 Å². The number of unbranched alkanes of at least 4 members (excludes halogenated alkanes) is 4. The average molecular weight is 386 g/mol. The summed E-state index contributed by atoms with van der Waals surface area (Å²) < 4.78 is 21.4. The van der Waals surface area contributed by atoms with Gasteiger partial charge >= 0.3 is 7.75 Å². The van der Waals surface area contributed by atoms with Gasteiger partial charge in [0.15, 0.2) is 0 Å². The number of hydrogen-bond acceptors (Lipinski definition) is 5. The molecule has 148 valence electrons.